The Morgan fingerprint density at radius 2 is 2.00 bits per heavy atom. The van der Waals surface area contributed by atoms with Gasteiger partial charge in [-0.25, -0.2) is 14.8 Å². The lowest BCUT2D eigenvalue weighted by Crippen LogP contribution is -2.09. The molecule has 0 saturated heterocycles. The van der Waals surface area contributed by atoms with E-state index in [0.717, 1.165) is 25.0 Å². The molecule has 1 aromatic carbocycles. The highest BCUT2D eigenvalue weighted by Gasteiger charge is 2.20. The van der Waals surface area contributed by atoms with Crippen molar-refractivity contribution in [1.29, 1.82) is 0 Å². The number of nitrogens with zero attached hydrogens (tertiary/aromatic N) is 2. The van der Waals surface area contributed by atoms with Gasteiger partial charge in [-0.05, 0) is 65.3 Å². The number of carbonyl (C=O) groups excluding carboxylic acids is 1. The van der Waals surface area contributed by atoms with Crippen molar-refractivity contribution < 1.29 is 9.53 Å². The first-order valence-electron chi connectivity index (χ1n) is 7.89. The van der Waals surface area contributed by atoms with Crippen molar-refractivity contribution in [3.8, 4) is 0 Å². The lowest BCUT2D eigenvalue weighted by Gasteiger charge is -2.08. The van der Waals surface area contributed by atoms with Gasteiger partial charge in [0.25, 0.3) is 0 Å². The van der Waals surface area contributed by atoms with Crippen LogP contribution in [0.5, 0.6) is 0 Å². The van der Waals surface area contributed by atoms with Gasteiger partial charge >= 0.3 is 5.97 Å². The number of ether oxygens (including phenoxy) is 1. The Morgan fingerprint density at radius 3 is 2.68 bits per heavy atom. The molecule has 25 heavy (non-hydrogen) atoms. The monoisotopic (exact) mass is 467 g/mol. The third-order valence-corrected chi connectivity index (χ3v) is 5.47. The number of esters is 1. The molecule has 0 aliphatic carbocycles. The fourth-order valence-corrected chi connectivity index (χ4v) is 3.74. The second-order valence-electron chi connectivity index (χ2n) is 6.08. The summed E-state index contributed by atoms with van der Waals surface area (Å²) in [4.78, 5) is 22.4. The van der Waals surface area contributed by atoms with Gasteiger partial charge in [-0.15, -0.1) is 11.3 Å². The molecule has 0 unspecified atom stereocenters. The number of thiophene rings is 1. The second-order valence-corrected chi connectivity index (χ2v) is 8.33. The molecule has 0 radical (unpaired) electrons. The van der Waals surface area contributed by atoms with E-state index in [0.29, 0.717) is 23.2 Å². The maximum atomic E-state index is 12.4. The molecule has 2 heterocycles. The predicted molar refractivity (Wildman–Crippen MR) is 110 cm³/mol. The molecule has 0 amide bonds. The summed E-state index contributed by atoms with van der Waals surface area (Å²) in [6.45, 7) is 6.35. The third kappa shape index (κ3) is 4.09. The summed E-state index contributed by atoms with van der Waals surface area (Å²) in [7, 11) is 0. The number of carbonyl (C=O) groups is 1. The molecule has 0 fully saturated rings. The highest BCUT2D eigenvalue weighted by molar-refractivity contribution is 14.1. The number of anilines is 2. The fraction of sp³-hybridized carbons (Fsp3) is 0.278. The average molecular weight is 467 g/mol. The SMILES string of the molecule is Cc1c(C(=O)OCC(C)C)sc2ncnc(Nc3ccc(I)cc3)c12. The van der Waals surface area contributed by atoms with E-state index in [-0.39, 0.29) is 5.97 Å². The van der Waals surface area contributed by atoms with Gasteiger partial charge in [-0.3, -0.25) is 0 Å². The van der Waals surface area contributed by atoms with Gasteiger partial charge in [0.05, 0.1) is 12.0 Å². The van der Waals surface area contributed by atoms with Crippen molar-refractivity contribution in [2.24, 2.45) is 5.92 Å². The van der Waals surface area contributed by atoms with Gasteiger partial charge < -0.3 is 10.1 Å². The van der Waals surface area contributed by atoms with Gasteiger partial charge in [0.2, 0.25) is 0 Å². The average Bonchev–Trinajstić information content (AvgIpc) is 2.93. The maximum absolute atomic E-state index is 12.4. The van der Waals surface area contributed by atoms with Crippen LogP contribution in [-0.4, -0.2) is 22.5 Å². The van der Waals surface area contributed by atoms with Gasteiger partial charge in [-0.1, -0.05) is 13.8 Å². The third-order valence-electron chi connectivity index (χ3n) is 3.57. The number of nitrogens with one attached hydrogen (secondary N) is 1. The van der Waals surface area contributed by atoms with Crippen molar-refractivity contribution in [1.82, 2.24) is 9.97 Å². The number of hydrogen-bond donors (Lipinski definition) is 1. The molecule has 130 valence electrons. The van der Waals surface area contributed by atoms with E-state index in [1.54, 1.807) is 0 Å². The number of rotatable bonds is 5. The minimum Gasteiger partial charge on any atom is -0.461 e. The molecule has 1 N–H and O–H groups in total. The lowest BCUT2D eigenvalue weighted by atomic mass is 10.2. The standard InChI is InChI=1S/C18H18IN3O2S/c1-10(2)8-24-18(23)15-11(3)14-16(20-9-21-17(14)25-15)22-13-6-4-12(19)5-7-13/h4-7,9-10H,8H2,1-3H3,(H,20,21,22). The summed E-state index contributed by atoms with van der Waals surface area (Å²) in [5.41, 5.74) is 1.79. The van der Waals surface area contributed by atoms with Crippen LogP contribution < -0.4 is 5.32 Å². The summed E-state index contributed by atoms with van der Waals surface area (Å²) >= 11 is 3.61. The predicted octanol–water partition coefficient (Wildman–Crippen LogP) is 5.16. The highest BCUT2D eigenvalue weighted by atomic mass is 127. The summed E-state index contributed by atoms with van der Waals surface area (Å²) in [5.74, 6) is 0.703. The van der Waals surface area contributed by atoms with Crippen molar-refractivity contribution in [2.75, 3.05) is 11.9 Å². The van der Waals surface area contributed by atoms with E-state index >= 15 is 0 Å². The minimum absolute atomic E-state index is 0.297. The van der Waals surface area contributed by atoms with Crippen molar-refractivity contribution in [3.05, 3.63) is 44.6 Å². The Bertz CT molecular complexity index is 907. The Labute approximate surface area is 164 Å². The van der Waals surface area contributed by atoms with Crippen LogP contribution in [-0.2, 0) is 4.74 Å². The van der Waals surface area contributed by atoms with Gasteiger partial charge in [-0.2, -0.15) is 0 Å². The molecule has 3 aromatic rings. The first-order valence-corrected chi connectivity index (χ1v) is 9.79. The maximum Gasteiger partial charge on any atom is 0.348 e. The van der Waals surface area contributed by atoms with Crippen LogP contribution in [0.3, 0.4) is 0 Å². The minimum atomic E-state index is -0.297. The van der Waals surface area contributed by atoms with Gasteiger partial charge in [0, 0.05) is 9.26 Å². The molecule has 0 spiro atoms. The molecule has 0 aliphatic rings. The van der Waals surface area contributed by atoms with E-state index in [9.17, 15) is 4.79 Å². The highest BCUT2D eigenvalue weighted by Crippen LogP contribution is 2.34. The summed E-state index contributed by atoms with van der Waals surface area (Å²) in [5, 5.41) is 4.18. The molecule has 7 heteroatoms. The zero-order valence-electron chi connectivity index (χ0n) is 14.2. The quantitative estimate of drug-likeness (QED) is 0.415. The second kappa shape index (κ2) is 7.65. The van der Waals surface area contributed by atoms with E-state index in [2.05, 4.69) is 37.9 Å². The van der Waals surface area contributed by atoms with Gasteiger partial charge in [0.1, 0.15) is 21.9 Å². The zero-order chi connectivity index (χ0) is 18.0. The van der Waals surface area contributed by atoms with Crippen LogP contribution >= 0.6 is 33.9 Å². The van der Waals surface area contributed by atoms with Crippen LogP contribution in [0.25, 0.3) is 10.2 Å². The molecule has 0 bridgehead atoms. The van der Waals surface area contributed by atoms with Crippen LogP contribution in [0.4, 0.5) is 11.5 Å². The Hall–Kier alpha value is -1.74. The van der Waals surface area contributed by atoms with Crippen LogP contribution in [0.15, 0.2) is 30.6 Å². The van der Waals surface area contributed by atoms with E-state index < -0.39 is 0 Å². The summed E-state index contributed by atoms with van der Waals surface area (Å²) in [6.07, 6.45) is 1.51. The number of aryl methyl sites for hydroxylation is 1. The Balaban J connectivity index is 1.95. The van der Waals surface area contributed by atoms with Crippen LogP contribution in [0.2, 0.25) is 0 Å². The van der Waals surface area contributed by atoms with E-state index in [4.69, 9.17) is 4.74 Å². The zero-order valence-corrected chi connectivity index (χ0v) is 17.1. The van der Waals surface area contributed by atoms with Crippen molar-refractivity contribution in [2.45, 2.75) is 20.8 Å². The fourth-order valence-electron chi connectivity index (χ4n) is 2.34. The number of aromatic nitrogens is 2. The number of halogens is 1. The molecular formula is C18H18IN3O2S. The normalized spacial score (nSPS) is 11.1. The lowest BCUT2D eigenvalue weighted by molar-refractivity contribution is 0.0464. The van der Waals surface area contributed by atoms with Crippen molar-refractivity contribution >= 4 is 61.6 Å². The van der Waals surface area contributed by atoms with Crippen LogP contribution in [0, 0.1) is 16.4 Å². The van der Waals surface area contributed by atoms with E-state index in [1.807, 2.05) is 45.0 Å². The number of hydrogen-bond acceptors (Lipinski definition) is 6. The largest absolute Gasteiger partial charge is 0.461 e. The molecule has 3 rings (SSSR count). The summed E-state index contributed by atoms with van der Waals surface area (Å²) in [6, 6.07) is 8.04. The number of benzene rings is 1. The first-order chi connectivity index (χ1) is 12.0. The summed E-state index contributed by atoms with van der Waals surface area (Å²) < 4.78 is 6.54. The Morgan fingerprint density at radius 1 is 1.28 bits per heavy atom. The first kappa shape index (κ1) is 18.1. The molecule has 2 aromatic heterocycles. The van der Waals surface area contributed by atoms with E-state index in [1.165, 1.54) is 17.7 Å². The van der Waals surface area contributed by atoms with Crippen LogP contribution in [0.1, 0.15) is 29.1 Å². The molecule has 0 saturated carbocycles. The molecule has 0 atom stereocenters. The number of fused-ring (bicyclic) bond motifs is 1. The Kier molecular flexibility index (Phi) is 5.53. The van der Waals surface area contributed by atoms with Crippen molar-refractivity contribution in [3.63, 3.8) is 0 Å². The smallest absolute Gasteiger partial charge is 0.348 e. The topological polar surface area (TPSA) is 64.1 Å². The molecular weight excluding hydrogens is 449 g/mol. The van der Waals surface area contributed by atoms with Gasteiger partial charge in [0.15, 0.2) is 0 Å². The molecule has 0 aliphatic heterocycles. The molecule has 5 nitrogen and oxygen atoms in total.